The van der Waals surface area contributed by atoms with Crippen LogP contribution in [0, 0.1) is 0 Å². The number of carbonyl (C=O) groups excluding carboxylic acids is 2. The molecule has 0 spiro atoms. The van der Waals surface area contributed by atoms with E-state index in [9.17, 15) is 9.59 Å². The van der Waals surface area contributed by atoms with E-state index in [-0.39, 0.29) is 16.7 Å². The van der Waals surface area contributed by atoms with Gasteiger partial charge in [0, 0.05) is 37.3 Å². The van der Waals surface area contributed by atoms with Crippen LogP contribution in [-0.2, 0) is 9.53 Å². The van der Waals surface area contributed by atoms with Gasteiger partial charge in [-0.15, -0.1) is 0 Å². The van der Waals surface area contributed by atoms with Gasteiger partial charge in [0.1, 0.15) is 5.60 Å². The Bertz CT molecular complexity index is 414. The highest BCUT2D eigenvalue weighted by Gasteiger charge is 2.28. The second-order valence-electron chi connectivity index (χ2n) is 7.36. The standard InChI is InChI=1S/C16H30N2O3S2/c1-15(2,3)21-14(20)18-11-9-17(10-12-18)13(19)7-8-16(4,5)23-22-6/h7-12H2,1-6H3. The quantitative estimate of drug-likeness (QED) is 0.699. The molecule has 1 heterocycles. The van der Waals surface area contributed by atoms with Crippen LogP contribution in [0.25, 0.3) is 0 Å². The highest BCUT2D eigenvalue weighted by Crippen LogP contribution is 2.37. The van der Waals surface area contributed by atoms with Gasteiger partial charge in [0.25, 0.3) is 0 Å². The van der Waals surface area contributed by atoms with Crippen molar-refractivity contribution < 1.29 is 14.3 Å². The zero-order valence-corrected chi connectivity index (χ0v) is 16.8. The lowest BCUT2D eigenvalue weighted by Gasteiger charge is -2.36. The Hall–Kier alpha value is -0.560. The number of amides is 2. The molecule has 0 radical (unpaired) electrons. The van der Waals surface area contributed by atoms with E-state index in [1.54, 1.807) is 15.7 Å². The predicted molar refractivity (Wildman–Crippen MR) is 98.8 cm³/mol. The molecule has 0 unspecified atom stereocenters. The zero-order valence-electron chi connectivity index (χ0n) is 15.2. The van der Waals surface area contributed by atoms with Crippen LogP contribution in [0.4, 0.5) is 4.79 Å². The fourth-order valence-electron chi connectivity index (χ4n) is 2.30. The van der Waals surface area contributed by atoms with Crippen LogP contribution < -0.4 is 0 Å². The van der Waals surface area contributed by atoms with Crippen molar-refractivity contribution in [2.75, 3.05) is 32.4 Å². The number of hydrogen-bond acceptors (Lipinski definition) is 5. The smallest absolute Gasteiger partial charge is 0.410 e. The van der Waals surface area contributed by atoms with E-state index in [2.05, 4.69) is 20.1 Å². The molecule has 0 aromatic heterocycles. The van der Waals surface area contributed by atoms with Crippen molar-refractivity contribution in [3.05, 3.63) is 0 Å². The molecule has 1 fully saturated rings. The Labute approximate surface area is 148 Å². The largest absolute Gasteiger partial charge is 0.444 e. The van der Waals surface area contributed by atoms with Gasteiger partial charge in [-0.25, -0.2) is 4.79 Å². The van der Waals surface area contributed by atoms with E-state index in [0.29, 0.717) is 32.6 Å². The number of hydrogen-bond donors (Lipinski definition) is 0. The number of rotatable bonds is 5. The summed E-state index contributed by atoms with van der Waals surface area (Å²) in [5.74, 6) is 0.184. The molecule has 2 amide bonds. The van der Waals surface area contributed by atoms with Crippen molar-refractivity contribution >= 4 is 33.6 Å². The molecule has 0 bridgehead atoms. The van der Waals surface area contributed by atoms with Gasteiger partial charge >= 0.3 is 6.09 Å². The van der Waals surface area contributed by atoms with E-state index >= 15 is 0 Å². The van der Waals surface area contributed by atoms with Crippen LogP contribution in [-0.4, -0.2) is 64.6 Å². The minimum absolute atomic E-state index is 0.105. The summed E-state index contributed by atoms with van der Waals surface area (Å²) in [6.45, 7) is 12.2. The van der Waals surface area contributed by atoms with Gasteiger partial charge in [-0.2, -0.15) is 0 Å². The predicted octanol–water partition coefficient (Wildman–Crippen LogP) is 3.64. The van der Waals surface area contributed by atoms with Crippen LogP contribution >= 0.6 is 21.6 Å². The summed E-state index contributed by atoms with van der Waals surface area (Å²) in [5.41, 5.74) is -0.482. The lowest BCUT2D eigenvalue weighted by Crippen LogP contribution is -2.51. The van der Waals surface area contributed by atoms with Gasteiger partial charge in [-0.05, 0) is 47.3 Å². The van der Waals surface area contributed by atoms with Gasteiger partial charge in [0.15, 0.2) is 0 Å². The Balaban J connectivity index is 2.38. The lowest BCUT2D eigenvalue weighted by molar-refractivity contribution is -0.133. The fraction of sp³-hybridized carbons (Fsp3) is 0.875. The number of piperazine rings is 1. The van der Waals surface area contributed by atoms with Crippen molar-refractivity contribution in [2.45, 2.75) is 57.8 Å². The van der Waals surface area contributed by atoms with Crippen LogP contribution in [0.15, 0.2) is 0 Å². The molecule has 0 aromatic carbocycles. The SMILES string of the molecule is CSSC(C)(C)CCC(=O)N1CCN(C(=O)OC(C)(C)C)CC1. The molecule has 1 saturated heterocycles. The van der Waals surface area contributed by atoms with E-state index in [4.69, 9.17) is 4.74 Å². The van der Waals surface area contributed by atoms with Crippen molar-refractivity contribution in [1.29, 1.82) is 0 Å². The molecule has 0 N–H and O–H groups in total. The maximum atomic E-state index is 12.3. The number of carbonyl (C=O) groups is 2. The third kappa shape index (κ3) is 7.70. The summed E-state index contributed by atoms with van der Waals surface area (Å²) in [6, 6.07) is 0. The Morgan fingerprint density at radius 3 is 2.00 bits per heavy atom. The Kier molecular flexibility index (Phi) is 7.58. The topological polar surface area (TPSA) is 49.9 Å². The monoisotopic (exact) mass is 362 g/mol. The number of nitrogens with zero attached hydrogens (tertiary/aromatic N) is 2. The van der Waals surface area contributed by atoms with Gasteiger partial charge in [0.05, 0.1) is 0 Å². The minimum Gasteiger partial charge on any atom is -0.444 e. The van der Waals surface area contributed by atoms with Crippen LogP contribution in [0.2, 0.25) is 0 Å². The molecule has 23 heavy (non-hydrogen) atoms. The molecule has 5 nitrogen and oxygen atoms in total. The van der Waals surface area contributed by atoms with Gasteiger partial charge in [0.2, 0.25) is 5.91 Å². The molecule has 1 aliphatic rings. The summed E-state index contributed by atoms with van der Waals surface area (Å²) in [6.07, 6.45) is 3.20. The summed E-state index contributed by atoms with van der Waals surface area (Å²) in [5, 5.41) is 0. The minimum atomic E-state index is -0.482. The highest BCUT2D eigenvalue weighted by atomic mass is 33.1. The van der Waals surface area contributed by atoms with E-state index in [1.165, 1.54) is 0 Å². The van der Waals surface area contributed by atoms with Gasteiger partial charge < -0.3 is 14.5 Å². The van der Waals surface area contributed by atoms with Crippen molar-refractivity contribution in [3.8, 4) is 0 Å². The summed E-state index contributed by atoms with van der Waals surface area (Å²) in [7, 11) is 3.55. The Morgan fingerprint density at radius 1 is 1.00 bits per heavy atom. The molecular formula is C16H30N2O3S2. The van der Waals surface area contributed by atoms with Crippen molar-refractivity contribution in [2.24, 2.45) is 0 Å². The molecule has 134 valence electrons. The summed E-state index contributed by atoms with van der Waals surface area (Å²) >= 11 is 0. The number of ether oxygens (including phenoxy) is 1. The molecule has 0 saturated carbocycles. The first-order chi connectivity index (χ1) is 10.5. The average molecular weight is 363 g/mol. The molecule has 0 atom stereocenters. The second-order valence-corrected chi connectivity index (χ2v) is 10.5. The molecule has 0 aromatic rings. The van der Waals surface area contributed by atoms with E-state index in [1.807, 2.05) is 36.5 Å². The van der Waals surface area contributed by atoms with E-state index < -0.39 is 5.60 Å². The third-order valence-electron chi connectivity index (χ3n) is 3.53. The zero-order chi connectivity index (χ0) is 17.7. The van der Waals surface area contributed by atoms with Crippen LogP contribution in [0.3, 0.4) is 0 Å². The summed E-state index contributed by atoms with van der Waals surface area (Å²) < 4.78 is 5.48. The first-order valence-electron chi connectivity index (χ1n) is 8.01. The van der Waals surface area contributed by atoms with Crippen LogP contribution in [0.5, 0.6) is 0 Å². The highest BCUT2D eigenvalue weighted by molar-refractivity contribution is 8.76. The maximum Gasteiger partial charge on any atom is 0.410 e. The maximum absolute atomic E-state index is 12.3. The Morgan fingerprint density at radius 2 is 1.52 bits per heavy atom. The lowest BCUT2D eigenvalue weighted by atomic mass is 10.1. The molecule has 1 aliphatic heterocycles. The van der Waals surface area contributed by atoms with E-state index in [0.717, 1.165) is 6.42 Å². The second kappa shape index (κ2) is 8.51. The molecule has 7 heteroatoms. The van der Waals surface area contributed by atoms with Crippen LogP contribution in [0.1, 0.15) is 47.5 Å². The van der Waals surface area contributed by atoms with Gasteiger partial charge in [-0.3, -0.25) is 4.79 Å². The van der Waals surface area contributed by atoms with Gasteiger partial charge in [-0.1, -0.05) is 21.6 Å². The molecule has 0 aliphatic carbocycles. The summed E-state index contributed by atoms with van der Waals surface area (Å²) in [4.78, 5) is 27.9. The molecular weight excluding hydrogens is 332 g/mol. The van der Waals surface area contributed by atoms with Crippen molar-refractivity contribution in [1.82, 2.24) is 9.80 Å². The third-order valence-corrected chi connectivity index (χ3v) is 6.21. The fourth-order valence-corrected chi connectivity index (χ4v) is 4.54. The van der Waals surface area contributed by atoms with Crippen molar-refractivity contribution in [3.63, 3.8) is 0 Å². The first kappa shape index (κ1) is 20.5. The average Bonchev–Trinajstić information content (AvgIpc) is 2.43. The first-order valence-corrected chi connectivity index (χ1v) is 10.6. The molecule has 1 rings (SSSR count). The normalized spacial score (nSPS) is 16.4.